The average molecular weight is 321 g/mol. The molecule has 0 fully saturated rings. The van der Waals surface area contributed by atoms with Crippen molar-refractivity contribution in [1.82, 2.24) is 0 Å². The number of carbonyl (C=O) groups excluding carboxylic acids is 1. The Kier molecular flexibility index (Phi) is 6.10. The van der Waals surface area contributed by atoms with Crippen molar-refractivity contribution >= 4 is 35.1 Å². The number of hydrogen-bond acceptors (Lipinski definition) is 4. The largest absolute Gasteiger partial charge is 0.494 e. The summed E-state index contributed by atoms with van der Waals surface area (Å²) in [5.74, 6) is -1.60. The third kappa shape index (κ3) is 3.77. The third-order valence-corrected chi connectivity index (χ3v) is 3.28. The second kappa shape index (κ2) is 7.36. The van der Waals surface area contributed by atoms with Gasteiger partial charge in [-0.15, -0.1) is 0 Å². The molecule has 0 saturated heterocycles. The number of aromatic carboxylic acids is 1. The molecule has 1 aromatic rings. The van der Waals surface area contributed by atoms with E-state index in [2.05, 4.69) is 0 Å². The Morgan fingerprint density at radius 1 is 1.35 bits per heavy atom. The molecule has 5 nitrogen and oxygen atoms in total. The van der Waals surface area contributed by atoms with Crippen LogP contribution in [0.3, 0.4) is 0 Å². The zero-order valence-corrected chi connectivity index (χ0v) is 12.5. The summed E-state index contributed by atoms with van der Waals surface area (Å²) in [5.41, 5.74) is 0.339. The molecular weight excluding hydrogens is 307 g/mol. The highest BCUT2D eigenvalue weighted by atomic mass is 35.5. The van der Waals surface area contributed by atoms with Crippen molar-refractivity contribution in [2.24, 2.45) is 0 Å². The van der Waals surface area contributed by atoms with E-state index in [1.807, 2.05) is 0 Å². The van der Waals surface area contributed by atoms with E-state index < -0.39 is 5.97 Å². The third-order valence-electron chi connectivity index (χ3n) is 2.57. The number of esters is 1. The van der Waals surface area contributed by atoms with Crippen molar-refractivity contribution in [3.05, 3.63) is 27.2 Å². The molecule has 0 amide bonds. The molecule has 0 saturated carbocycles. The normalized spacial score (nSPS) is 10.2. The molecule has 1 rings (SSSR count). The van der Waals surface area contributed by atoms with E-state index in [-0.39, 0.29) is 40.2 Å². The van der Waals surface area contributed by atoms with Crippen LogP contribution in [0.25, 0.3) is 0 Å². The predicted octanol–water partition coefficient (Wildman–Crippen LogP) is 3.20. The van der Waals surface area contributed by atoms with Crippen LogP contribution in [0.15, 0.2) is 6.07 Å². The molecule has 0 aliphatic heterocycles. The van der Waals surface area contributed by atoms with Gasteiger partial charge in [-0.1, -0.05) is 23.2 Å². The van der Waals surface area contributed by atoms with Crippen molar-refractivity contribution in [3.8, 4) is 5.75 Å². The molecule has 0 radical (unpaired) electrons. The molecule has 0 aromatic heterocycles. The lowest BCUT2D eigenvalue weighted by Crippen LogP contribution is -2.07. The van der Waals surface area contributed by atoms with Gasteiger partial charge in [-0.05, 0) is 25.0 Å². The van der Waals surface area contributed by atoms with Crippen molar-refractivity contribution in [2.75, 3.05) is 13.7 Å². The molecule has 0 aliphatic rings. The van der Waals surface area contributed by atoms with E-state index in [0.29, 0.717) is 12.2 Å². The fourth-order valence-electron chi connectivity index (χ4n) is 1.70. The molecule has 0 unspecified atom stereocenters. The molecule has 1 N–H and O–H groups in total. The first-order valence-corrected chi connectivity index (χ1v) is 6.61. The number of ether oxygens (including phenoxy) is 2. The van der Waals surface area contributed by atoms with Gasteiger partial charge in [0.1, 0.15) is 5.56 Å². The van der Waals surface area contributed by atoms with Gasteiger partial charge in [0, 0.05) is 6.42 Å². The minimum atomic E-state index is -1.23. The SMILES string of the molecule is CCOC(=O)CCc1cc(Cl)c(C(=O)O)c(OC)c1Cl. The van der Waals surface area contributed by atoms with Gasteiger partial charge in [-0.2, -0.15) is 0 Å². The second-order valence-corrected chi connectivity index (χ2v) is 4.64. The Hall–Kier alpha value is -1.46. The Morgan fingerprint density at radius 2 is 2.00 bits per heavy atom. The first-order valence-electron chi connectivity index (χ1n) is 5.86. The molecule has 1 aromatic carbocycles. The molecule has 0 atom stereocenters. The maximum atomic E-state index is 11.3. The van der Waals surface area contributed by atoms with Crippen LogP contribution in [0.4, 0.5) is 0 Å². The summed E-state index contributed by atoms with van der Waals surface area (Å²) in [6.07, 6.45) is 0.410. The molecule has 20 heavy (non-hydrogen) atoms. The van der Waals surface area contributed by atoms with Gasteiger partial charge in [0.15, 0.2) is 5.75 Å². The number of carboxylic acids is 1. The number of carboxylic acid groups (broad SMARTS) is 1. The van der Waals surface area contributed by atoms with Crippen molar-refractivity contribution in [3.63, 3.8) is 0 Å². The first-order chi connectivity index (χ1) is 9.42. The lowest BCUT2D eigenvalue weighted by molar-refractivity contribution is -0.143. The van der Waals surface area contributed by atoms with Crippen molar-refractivity contribution < 1.29 is 24.2 Å². The van der Waals surface area contributed by atoms with Crippen LogP contribution < -0.4 is 4.74 Å². The fraction of sp³-hybridized carbons (Fsp3) is 0.385. The van der Waals surface area contributed by atoms with E-state index in [4.69, 9.17) is 37.8 Å². The Balaban J connectivity index is 3.08. The highest BCUT2D eigenvalue weighted by molar-refractivity contribution is 6.37. The monoisotopic (exact) mass is 320 g/mol. The zero-order valence-electron chi connectivity index (χ0n) is 11.0. The number of halogens is 2. The number of carbonyl (C=O) groups is 2. The van der Waals surface area contributed by atoms with E-state index >= 15 is 0 Å². The van der Waals surface area contributed by atoms with Gasteiger partial charge in [0.05, 0.1) is 23.8 Å². The van der Waals surface area contributed by atoms with Crippen LogP contribution >= 0.6 is 23.2 Å². The van der Waals surface area contributed by atoms with Crippen LogP contribution in [0.2, 0.25) is 10.0 Å². The van der Waals surface area contributed by atoms with Gasteiger partial charge in [-0.3, -0.25) is 4.79 Å². The summed E-state index contributed by atoms with van der Waals surface area (Å²) in [5, 5.41) is 9.23. The molecule has 0 heterocycles. The van der Waals surface area contributed by atoms with E-state index in [0.717, 1.165) is 0 Å². The van der Waals surface area contributed by atoms with Crippen LogP contribution in [-0.2, 0) is 16.0 Å². The molecule has 7 heteroatoms. The van der Waals surface area contributed by atoms with Gasteiger partial charge in [0.2, 0.25) is 0 Å². The van der Waals surface area contributed by atoms with E-state index in [1.54, 1.807) is 6.92 Å². The lowest BCUT2D eigenvalue weighted by atomic mass is 10.1. The van der Waals surface area contributed by atoms with Crippen LogP contribution in [-0.4, -0.2) is 30.8 Å². The topological polar surface area (TPSA) is 72.8 Å². The first kappa shape index (κ1) is 16.6. The van der Waals surface area contributed by atoms with Crippen LogP contribution in [0.5, 0.6) is 5.75 Å². The van der Waals surface area contributed by atoms with E-state index in [1.165, 1.54) is 13.2 Å². The highest BCUT2D eigenvalue weighted by Gasteiger charge is 2.22. The molecule has 110 valence electrons. The zero-order chi connectivity index (χ0) is 15.3. The Morgan fingerprint density at radius 3 is 2.50 bits per heavy atom. The number of aryl methyl sites for hydroxylation is 1. The number of benzene rings is 1. The minimum absolute atomic E-state index is 0.00877. The van der Waals surface area contributed by atoms with Crippen molar-refractivity contribution in [1.29, 1.82) is 0 Å². The van der Waals surface area contributed by atoms with Gasteiger partial charge in [-0.25, -0.2) is 4.79 Å². The number of hydrogen-bond donors (Lipinski definition) is 1. The Bertz CT molecular complexity index is 528. The lowest BCUT2D eigenvalue weighted by Gasteiger charge is -2.13. The summed E-state index contributed by atoms with van der Waals surface area (Å²) in [7, 11) is 1.30. The smallest absolute Gasteiger partial charge is 0.341 e. The average Bonchev–Trinajstić information content (AvgIpc) is 2.38. The van der Waals surface area contributed by atoms with Crippen LogP contribution in [0, 0.1) is 0 Å². The van der Waals surface area contributed by atoms with Gasteiger partial charge in [0.25, 0.3) is 0 Å². The van der Waals surface area contributed by atoms with Crippen molar-refractivity contribution in [2.45, 2.75) is 19.8 Å². The molecular formula is C13H14Cl2O5. The second-order valence-electron chi connectivity index (χ2n) is 3.85. The maximum absolute atomic E-state index is 11.3. The summed E-state index contributed by atoms with van der Waals surface area (Å²) >= 11 is 12.0. The Labute approximate surface area is 126 Å². The summed E-state index contributed by atoms with van der Waals surface area (Å²) in [6.45, 7) is 2.01. The maximum Gasteiger partial charge on any atom is 0.341 e. The van der Waals surface area contributed by atoms with Gasteiger partial charge >= 0.3 is 11.9 Å². The van der Waals surface area contributed by atoms with Crippen LogP contribution in [0.1, 0.15) is 29.3 Å². The standard InChI is InChI=1S/C13H14Cl2O5/c1-3-20-9(16)5-4-7-6-8(14)10(13(17)18)12(19-2)11(7)15/h6H,3-5H2,1-2H3,(H,17,18). The number of methoxy groups -OCH3 is 1. The minimum Gasteiger partial charge on any atom is -0.494 e. The molecule has 0 aliphatic carbocycles. The quantitative estimate of drug-likeness (QED) is 0.815. The molecule has 0 bridgehead atoms. The number of rotatable bonds is 6. The fourth-order valence-corrected chi connectivity index (χ4v) is 2.31. The highest BCUT2D eigenvalue weighted by Crippen LogP contribution is 2.37. The summed E-state index contributed by atoms with van der Waals surface area (Å²) in [4.78, 5) is 22.4. The van der Waals surface area contributed by atoms with E-state index in [9.17, 15) is 9.59 Å². The predicted molar refractivity (Wildman–Crippen MR) is 74.9 cm³/mol. The summed E-state index contributed by atoms with van der Waals surface area (Å²) < 4.78 is 9.81. The van der Waals surface area contributed by atoms with Gasteiger partial charge < -0.3 is 14.6 Å². The summed E-state index contributed by atoms with van der Waals surface area (Å²) in [6, 6.07) is 1.43. The molecule has 0 spiro atoms.